The van der Waals surface area contributed by atoms with Crippen LogP contribution in [0.3, 0.4) is 0 Å². The van der Waals surface area contributed by atoms with Crippen LogP contribution in [0.2, 0.25) is 0 Å². The molecule has 1 aliphatic rings. The van der Waals surface area contributed by atoms with Gasteiger partial charge >= 0.3 is 0 Å². The summed E-state index contributed by atoms with van der Waals surface area (Å²) in [7, 11) is 2.05. The lowest BCUT2D eigenvalue weighted by Crippen LogP contribution is -2.28. The van der Waals surface area contributed by atoms with Crippen LogP contribution < -0.4 is 10.6 Å². The molecule has 2 rings (SSSR count). The molecule has 1 fully saturated rings. The summed E-state index contributed by atoms with van der Waals surface area (Å²) in [5.41, 5.74) is 5.71. The Labute approximate surface area is 146 Å². The first-order valence-electron chi connectivity index (χ1n) is 8.44. The van der Waals surface area contributed by atoms with Gasteiger partial charge in [0.1, 0.15) is 5.82 Å². The van der Waals surface area contributed by atoms with Gasteiger partial charge in [0.15, 0.2) is 0 Å². The van der Waals surface area contributed by atoms with Crippen molar-refractivity contribution in [1.82, 2.24) is 15.2 Å². The molecule has 0 saturated heterocycles. The molecule has 0 amide bonds. The first-order chi connectivity index (χ1) is 11.3. The van der Waals surface area contributed by atoms with E-state index in [-0.39, 0.29) is 5.54 Å². The summed E-state index contributed by atoms with van der Waals surface area (Å²) in [6.45, 7) is 17.3. The number of aromatic nitrogens is 1. The highest BCUT2D eigenvalue weighted by Gasteiger charge is 2.38. The van der Waals surface area contributed by atoms with E-state index < -0.39 is 0 Å². The van der Waals surface area contributed by atoms with Gasteiger partial charge in [0.25, 0.3) is 0 Å². The maximum absolute atomic E-state index is 4.25. The second-order valence-electron chi connectivity index (χ2n) is 7.13. The first-order valence-corrected chi connectivity index (χ1v) is 8.44. The van der Waals surface area contributed by atoms with Gasteiger partial charge in [-0.05, 0) is 59.4 Å². The van der Waals surface area contributed by atoms with E-state index in [1.165, 1.54) is 24.1 Å². The van der Waals surface area contributed by atoms with Crippen LogP contribution in [0.4, 0.5) is 0 Å². The largest absolute Gasteiger partial charge is 0.379 e. The van der Waals surface area contributed by atoms with Gasteiger partial charge in [-0.3, -0.25) is 0 Å². The van der Waals surface area contributed by atoms with Gasteiger partial charge in [-0.25, -0.2) is 4.99 Å². The summed E-state index contributed by atoms with van der Waals surface area (Å²) in [4.78, 5) is 4.23. The fourth-order valence-electron chi connectivity index (χ4n) is 2.84. The highest BCUT2D eigenvalue weighted by atomic mass is 15.1. The molecule has 1 aliphatic carbocycles. The lowest BCUT2D eigenvalue weighted by Gasteiger charge is -2.21. The molecule has 4 heteroatoms. The van der Waals surface area contributed by atoms with Gasteiger partial charge in [-0.2, -0.15) is 0 Å². The molecule has 0 aliphatic heterocycles. The monoisotopic (exact) mass is 326 g/mol. The van der Waals surface area contributed by atoms with Crippen LogP contribution >= 0.6 is 0 Å². The third kappa shape index (κ3) is 4.19. The second kappa shape index (κ2) is 7.12. The SMILES string of the molecule is C=N/C(NC1(C)CC1)=C(\C)C(C(=C)NCc1cccn1C)=C(C)C. The normalized spacial score (nSPS) is 16.0. The summed E-state index contributed by atoms with van der Waals surface area (Å²) < 4.78 is 2.11. The average molecular weight is 326 g/mol. The molecule has 1 heterocycles. The highest BCUT2D eigenvalue weighted by Crippen LogP contribution is 2.36. The predicted octanol–water partition coefficient (Wildman–Crippen LogP) is 4.04. The van der Waals surface area contributed by atoms with E-state index in [1.54, 1.807) is 0 Å². The third-order valence-corrected chi connectivity index (χ3v) is 4.64. The summed E-state index contributed by atoms with van der Waals surface area (Å²) >= 11 is 0. The van der Waals surface area contributed by atoms with Gasteiger partial charge in [-0.15, -0.1) is 0 Å². The zero-order valence-corrected chi connectivity index (χ0v) is 15.7. The molecule has 130 valence electrons. The number of hydrogen-bond acceptors (Lipinski definition) is 3. The highest BCUT2D eigenvalue weighted by molar-refractivity contribution is 5.49. The van der Waals surface area contributed by atoms with Crippen LogP contribution in [-0.4, -0.2) is 16.8 Å². The smallest absolute Gasteiger partial charge is 0.129 e. The average Bonchev–Trinajstić information content (AvgIpc) is 3.10. The predicted molar refractivity (Wildman–Crippen MR) is 103 cm³/mol. The lowest BCUT2D eigenvalue weighted by molar-refractivity contribution is 0.601. The van der Waals surface area contributed by atoms with Crippen LogP contribution in [0.5, 0.6) is 0 Å². The minimum atomic E-state index is 0.169. The van der Waals surface area contributed by atoms with E-state index in [4.69, 9.17) is 0 Å². The summed E-state index contributed by atoms with van der Waals surface area (Å²) in [5.74, 6) is 0.855. The Morgan fingerprint density at radius 3 is 2.46 bits per heavy atom. The Hall–Kier alpha value is -2.23. The van der Waals surface area contributed by atoms with Crippen molar-refractivity contribution in [2.45, 2.75) is 52.6 Å². The Balaban J connectivity index is 2.18. The molecular weight excluding hydrogens is 296 g/mol. The molecule has 2 N–H and O–H groups in total. The summed E-state index contributed by atoms with van der Waals surface area (Å²) in [6, 6.07) is 4.16. The molecule has 1 aromatic rings. The Morgan fingerprint density at radius 2 is 2.00 bits per heavy atom. The van der Waals surface area contributed by atoms with Gasteiger partial charge in [-0.1, -0.05) is 12.2 Å². The molecule has 4 nitrogen and oxygen atoms in total. The van der Waals surface area contributed by atoms with Crippen LogP contribution in [0, 0.1) is 0 Å². The van der Waals surface area contributed by atoms with Crippen molar-refractivity contribution in [3.63, 3.8) is 0 Å². The molecule has 0 radical (unpaired) electrons. The molecule has 0 aromatic carbocycles. The fraction of sp³-hybridized carbons (Fsp3) is 0.450. The molecule has 0 atom stereocenters. The topological polar surface area (TPSA) is 41.4 Å². The van der Waals surface area contributed by atoms with Crippen molar-refractivity contribution >= 4 is 6.72 Å². The summed E-state index contributed by atoms with van der Waals surface area (Å²) in [5, 5.41) is 6.98. The van der Waals surface area contributed by atoms with Crippen LogP contribution in [0.1, 0.15) is 46.2 Å². The third-order valence-electron chi connectivity index (χ3n) is 4.64. The Bertz CT molecular complexity index is 695. The molecule has 0 spiro atoms. The van der Waals surface area contributed by atoms with Gasteiger partial charge in [0.05, 0.1) is 6.54 Å². The van der Waals surface area contributed by atoms with E-state index in [0.717, 1.165) is 29.2 Å². The Kier molecular flexibility index (Phi) is 5.37. The summed E-state index contributed by atoms with van der Waals surface area (Å²) in [6.07, 6.45) is 4.40. The number of aryl methyl sites for hydroxylation is 1. The standard InChI is InChI=1S/C20H30N4/c1-14(2)18(15(3)19(21-6)23-20(5)10-11-20)16(4)22-13-17-9-8-12-24(17)7/h8-9,12,22-23H,4,6,10-11,13H2,1-3,5,7H3/b19-15-. The lowest BCUT2D eigenvalue weighted by atomic mass is 9.99. The van der Waals surface area contributed by atoms with Crippen molar-refractivity contribution in [2.75, 3.05) is 0 Å². The molecule has 0 bridgehead atoms. The fourth-order valence-corrected chi connectivity index (χ4v) is 2.84. The molecule has 1 aromatic heterocycles. The number of rotatable bonds is 8. The maximum atomic E-state index is 4.25. The number of allylic oxidation sites excluding steroid dienone is 2. The Morgan fingerprint density at radius 1 is 1.33 bits per heavy atom. The number of nitrogens with one attached hydrogen (secondary N) is 2. The zero-order chi connectivity index (χ0) is 17.9. The van der Waals surface area contributed by atoms with Crippen molar-refractivity contribution in [3.8, 4) is 0 Å². The number of aliphatic imine (C=N–C) groups is 1. The van der Waals surface area contributed by atoms with Crippen molar-refractivity contribution in [3.05, 3.63) is 58.8 Å². The first kappa shape index (κ1) is 18.1. The van der Waals surface area contributed by atoms with E-state index >= 15 is 0 Å². The van der Waals surface area contributed by atoms with E-state index in [9.17, 15) is 0 Å². The van der Waals surface area contributed by atoms with Crippen molar-refractivity contribution in [2.24, 2.45) is 12.0 Å². The molecule has 0 unspecified atom stereocenters. The maximum Gasteiger partial charge on any atom is 0.129 e. The van der Waals surface area contributed by atoms with E-state index in [0.29, 0.717) is 0 Å². The molecule has 1 saturated carbocycles. The van der Waals surface area contributed by atoms with E-state index in [2.05, 4.69) is 67.3 Å². The minimum absolute atomic E-state index is 0.169. The van der Waals surface area contributed by atoms with Crippen molar-refractivity contribution in [1.29, 1.82) is 0 Å². The molecule has 24 heavy (non-hydrogen) atoms. The number of hydrogen-bond donors (Lipinski definition) is 2. The van der Waals surface area contributed by atoms with E-state index in [1.807, 2.05) is 19.3 Å². The minimum Gasteiger partial charge on any atom is -0.379 e. The zero-order valence-electron chi connectivity index (χ0n) is 15.7. The molecular formula is C20H30N4. The number of nitrogens with zero attached hydrogens (tertiary/aromatic N) is 2. The van der Waals surface area contributed by atoms with Gasteiger partial charge in [0, 0.05) is 41.3 Å². The van der Waals surface area contributed by atoms with Crippen molar-refractivity contribution < 1.29 is 0 Å². The second-order valence-corrected chi connectivity index (χ2v) is 7.13. The van der Waals surface area contributed by atoms with Crippen LogP contribution in [-0.2, 0) is 13.6 Å². The quantitative estimate of drug-likeness (QED) is 0.559. The van der Waals surface area contributed by atoms with Crippen LogP contribution in [0.25, 0.3) is 0 Å². The van der Waals surface area contributed by atoms with Gasteiger partial charge < -0.3 is 15.2 Å². The van der Waals surface area contributed by atoms with Crippen LogP contribution in [0.15, 0.2) is 58.1 Å². The van der Waals surface area contributed by atoms with Gasteiger partial charge in [0.2, 0.25) is 0 Å².